The number of hydrogen-bond acceptors (Lipinski definition) is 2. The monoisotopic (exact) mass is 321 g/mol. The van der Waals surface area contributed by atoms with Crippen LogP contribution >= 0.6 is 0 Å². The number of unbranched alkanes of at least 4 members (excludes halogenated alkanes) is 1. The van der Waals surface area contributed by atoms with E-state index in [0.29, 0.717) is 6.54 Å². The van der Waals surface area contributed by atoms with Gasteiger partial charge in [-0.3, -0.25) is 4.79 Å². The van der Waals surface area contributed by atoms with Gasteiger partial charge in [0, 0.05) is 13.0 Å². The number of carbonyl (C=O) groups is 1. The van der Waals surface area contributed by atoms with E-state index in [-0.39, 0.29) is 5.91 Å². The van der Waals surface area contributed by atoms with Crippen LogP contribution in [0.2, 0.25) is 0 Å². The van der Waals surface area contributed by atoms with E-state index in [1.165, 1.54) is 5.56 Å². The third-order valence-electron chi connectivity index (χ3n) is 4.09. The standard InChI is InChI=1S/C20H23N3O/c1-2-3-13-21-20(24)15-23-18-12-8-7-11-17(18)22-19(23)14-16-9-5-4-6-10-16/h4-12H,2-3,13-15H2,1H3,(H,21,24). The van der Waals surface area contributed by atoms with Gasteiger partial charge in [0.15, 0.2) is 0 Å². The topological polar surface area (TPSA) is 46.9 Å². The number of aromatic nitrogens is 2. The third-order valence-corrected chi connectivity index (χ3v) is 4.09. The average Bonchev–Trinajstić information content (AvgIpc) is 2.93. The van der Waals surface area contributed by atoms with Gasteiger partial charge < -0.3 is 9.88 Å². The summed E-state index contributed by atoms with van der Waals surface area (Å²) in [6.45, 7) is 3.16. The zero-order chi connectivity index (χ0) is 16.8. The van der Waals surface area contributed by atoms with E-state index in [1.807, 2.05) is 47.0 Å². The molecule has 124 valence electrons. The largest absolute Gasteiger partial charge is 0.355 e. The molecule has 3 rings (SSSR count). The Hall–Kier alpha value is -2.62. The first-order valence-corrected chi connectivity index (χ1v) is 8.52. The van der Waals surface area contributed by atoms with Crippen molar-refractivity contribution >= 4 is 16.9 Å². The minimum Gasteiger partial charge on any atom is -0.355 e. The summed E-state index contributed by atoms with van der Waals surface area (Å²) in [5.41, 5.74) is 3.14. The molecule has 0 saturated carbocycles. The molecule has 0 unspecified atom stereocenters. The highest BCUT2D eigenvalue weighted by molar-refractivity contribution is 5.81. The van der Waals surface area contributed by atoms with Gasteiger partial charge in [-0.25, -0.2) is 4.98 Å². The fraction of sp³-hybridized carbons (Fsp3) is 0.300. The van der Waals surface area contributed by atoms with Crippen LogP contribution in [0, 0.1) is 0 Å². The number of fused-ring (bicyclic) bond motifs is 1. The SMILES string of the molecule is CCCCNC(=O)Cn1c(Cc2ccccc2)nc2ccccc21. The van der Waals surface area contributed by atoms with E-state index >= 15 is 0 Å². The van der Waals surface area contributed by atoms with E-state index in [1.54, 1.807) is 0 Å². The summed E-state index contributed by atoms with van der Waals surface area (Å²) in [5.74, 6) is 0.967. The molecule has 0 spiro atoms. The molecule has 0 bridgehead atoms. The van der Waals surface area contributed by atoms with Gasteiger partial charge in [0.1, 0.15) is 12.4 Å². The molecule has 1 aromatic heterocycles. The normalized spacial score (nSPS) is 10.9. The molecule has 1 N–H and O–H groups in total. The van der Waals surface area contributed by atoms with Crippen LogP contribution in [0.25, 0.3) is 11.0 Å². The Bertz CT molecular complexity index is 808. The number of rotatable bonds is 7. The van der Waals surface area contributed by atoms with Crippen LogP contribution in [0.15, 0.2) is 54.6 Å². The highest BCUT2D eigenvalue weighted by Gasteiger charge is 2.13. The van der Waals surface area contributed by atoms with E-state index in [4.69, 9.17) is 4.98 Å². The number of imidazole rings is 1. The zero-order valence-electron chi connectivity index (χ0n) is 14.0. The molecule has 24 heavy (non-hydrogen) atoms. The summed E-state index contributed by atoms with van der Waals surface area (Å²) in [7, 11) is 0. The molecule has 0 fully saturated rings. The quantitative estimate of drug-likeness (QED) is 0.677. The molecule has 0 radical (unpaired) electrons. The van der Waals surface area contributed by atoms with Crippen LogP contribution in [0.3, 0.4) is 0 Å². The van der Waals surface area contributed by atoms with Gasteiger partial charge >= 0.3 is 0 Å². The molecule has 0 aliphatic carbocycles. The summed E-state index contributed by atoms with van der Waals surface area (Å²) in [4.78, 5) is 17.0. The Kier molecular flexibility index (Phi) is 5.26. The molecular formula is C20H23N3O. The first-order chi connectivity index (χ1) is 11.8. The van der Waals surface area contributed by atoms with Gasteiger partial charge in [-0.1, -0.05) is 55.8 Å². The summed E-state index contributed by atoms with van der Waals surface area (Å²) in [6.07, 6.45) is 2.80. The third kappa shape index (κ3) is 3.82. The van der Waals surface area contributed by atoms with Crippen LogP contribution in [0.5, 0.6) is 0 Å². The summed E-state index contributed by atoms with van der Waals surface area (Å²) < 4.78 is 2.03. The maximum atomic E-state index is 12.3. The van der Waals surface area contributed by atoms with Crippen molar-refractivity contribution < 1.29 is 4.79 Å². The Labute approximate surface area is 142 Å². The van der Waals surface area contributed by atoms with Crippen molar-refractivity contribution in [3.8, 4) is 0 Å². The van der Waals surface area contributed by atoms with Gasteiger partial charge in [-0.15, -0.1) is 0 Å². The molecule has 4 nitrogen and oxygen atoms in total. The van der Waals surface area contributed by atoms with Gasteiger partial charge in [0.2, 0.25) is 5.91 Å². The fourth-order valence-electron chi connectivity index (χ4n) is 2.82. The smallest absolute Gasteiger partial charge is 0.240 e. The average molecular weight is 321 g/mol. The van der Waals surface area contributed by atoms with Gasteiger partial charge in [0.25, 0.3) is 0 Å². The number of nitrogens with one attached hydrogen (secondary N) is 1. The number of nitrogens with zero attached hydrogens (tertiary/aromatic N) is 2. The van der Waals surface area contributed by atoms with Crippen molar-refractivity contribution in [1.82, 2.24) is 14.9 Å². The second-order valence-electron chi connectivity index (χ2n) is 5.97. The lowest BCUT2D eigenvalue weighted by molar-refractivity contribution is -0.121. The van der Waals surface area contributed by atoms with Gasteiger partial charge in [-0.05, 0) is 24.1 Å². The van der Waals surface area contributed by atoms with Crippen LogP contribution in [0.1, 0.15) is 31.2 Å². The predicted octanol–water partition coefficient (Wildman–Crippen LogP) is 3.54. The molecular weight excluding hydrogens is 298 g/mol. The zero-order valence-corrected chi connectivity index (χ0v) is 14.0. The van der Waals surface area contributed by atoms with Crippen LogP contribution in [0.4, 0.5) is 0 Å². The lowest BCUT2D eigenvalue weighted by atomic mass is 10.1. The van der Waals surface area contributed by atoms with Crippen molar-refractivity contribution in [3.63, 3.8) is 0 Å². The number of para-hydroxylation sites is 2. The molecule has 3 aromatic rings. The number of hydrogen-bond donors (Lipinski definition) is 1. The highest BCUT2D eigenvalue weighted by Crippen LogP contribution is 2.18. The van der Waals surface area contributed by atoms with Gasteiger partial charge in [0.05, 0.1) is 11.0 Å². The van der Waals surface area contributed by atoms with E-state index < -0.39 is 0 Å². The van der Waals surface area contributed by atoms with E-state index in [2.05, 4.69) is 24.4 Å². The molecule has 0 aliphatic heterocycles. The summed E-state index contributed by atoms with van der Waals surface area (Å²) in [5, 5.41) is 2.99. The Balaban J connectivity index is 1.86. The van der Waals surface area contributed by atoms with Crippen molar-refractivity contribution in [2.75, 3.05) is 6.54 Å². The Morgan fingerprint density at radius 2 is 1.83 bits per heavy atom. The van der Waals surface area contributed by atoms with Crippen LogP contribution in [-0.2, 0) is 17.8 Å². The highest BCUT2D eigenvalue weighted by atomic mass is 16.1. The lowest BCUT2D eigenvalue weighted by Crippen LogP contribution is -2.29. The second kappa shape index (κ2) is 7.77. The maximum Gasteiger partial charge on any atom is 0.240 e. The van der Waals surface area contributed by atoms with Crippen LogP contribution < -0.4 is 5.32 Å². The molecule has 2 aromatic carbocycles. The minimum absolute atomic E-state index is 0.0425. The van der Waals surface area contributed by atoms with Gasteiger partial charge in [-0.2, -0.15) is 0 Å². The Morgan fingerprint density at radius 3 is 2.62 bits per heavy atom. The van der Waals surface area contributed by atoms with E-state index in [0.717, 1.165) is 42.7 Å². The van der Waals surface area contributed by atoms with Crippen molar-refractivity contribution in [3.05, 3.63) is 66.0 Å². The summed E-state index contributed by atoms with van der Waals surface area (Å²) in [6, 6.07) is 18.2. The van der Waals surface area contributed by atoms with Crippen molar-refractivity contribution in [2.45, 2.75) is 32.7 Å². The first-order valence-electron chi connectivity index (χ1n) is 8.52. The van der Waals surface area contributed by atoms with Crippen molar-refractivity contribution in [2.24, 2.45) is 0 Å². The van der Waals surface area contributed by atoms with Crippen molar-refractivity contribution in [1.29, 1.82) is 0 Å². The fourth-order valence-corrected chi connectivity index (χ4v) is 2.82. The number of amides is 1. The lowest BCUT2D eigenvalue weighted by Gasteiger charge is -2.10. The molecule has 0 atom stereocenters. The molecule has 4 heteroatoms. The molecule has 0 saturated heterocycles. The molecule has 1 amide bonds. The first kappa shape index (κ1) is 16.2. The maximum absolute atomic E-state index is 12.3. The minimum atomic E-state index is 0.0425. The Morgan fingerprint density at radius 1 is 1.08 bits per heavy atom. The molecule has 1 heterocycles. The van der Waals surface area contributed by atoms with E-state index in [9.17, 15) is 4.79 Å². The number of benzene rings is 2. The predicted molar refractivity (Wildman–Crippen MR) is 96.9 cm³/mol. The molecule has 0 aliphatic rings. The second-order valence-corrected chi connectivity index (χ2v) is 5.97. The summed E-state index contributed by atoms with van der Waals surface area (Å²) >= 11 is 0. The van der Waals surface area contributed by atoms with Crippen LogP contribution in [-0.4, -0.2) is 22.0 Å². The number of carbonyl (C=O) groups excluding carboxylic acids is 1.